The van der Waals surface area contributed by atoms with E-state index in [2.05, 4.69) is 20.3 Å². The topological polar surface area (TPSA) is 96.7 Å². The van der Waals surface area contributed by atoms with E-state index < -0.39 is 0 Å². The van der Waals surface area contributed by atoms with Gasteiger partial charge in [-0.05, 0) is 24.1 Å². The fourth-order valence-corrected chi connectivity index (χ4v) is 2.28. The molecule has 0 aliphatic rings. The minimum Gasteiger partial charge on any atom is -0.368 e. The lowest BCUT2D eigenvalue weighted by molar-refractivity contribution is 0.0946. The summed E-state index contributed by atoms with van der Waals surface area (Å²) < 4.78 is 0. The molecule has 2 aromatic heterocycles. The average Bonchev–Trinajstić information content (AvgIpc) is 3.06. The zero-order chi connectivity index (χ0) is 16.2. The molecule has 0 radical (unpaired) electrons. The molecule has 23 heavy (non-hydrogen) atoms. The Morgan fingerprint density at radius 1 is 1.30 bits per heavy atom. The van der Waals surface area contributed by atoms with Crippen molar-refractivity contribution in [3.63, 3.8) is 0 Å². The third-order valence-corrected chi connectivity index (χ3v) is 3.49. The van der Waals surface area contributed by atoms with Gasteiger partial charge in [-0.3, -0.25) is 4.79 Å². The molecule has 116 valence electrons. The molecule has 0 aliphatic carbocycles. The molecule has 0 saturated heterocycles. The second-order valence-electron chi connectivity index (χ2n) is 5.23. The number of amides is 1. The summed E-state index contributed by atoms with van der Waals surface area (Å²) in [7, 11) is 0. The van der Waals surface area contributed by atoms with Crippen LogP contribution in [0.1, 0.15) is 21.6 Å². The molecule has 0 spiro atoms. The molecule has 3 rings (SSSR count). The van der Waals surface area contributed by atoms with Crippen LogP contribution in [0, 0.1) is 6.92 Å². The highest BCUT2D eigenvalue weighted by molar-refractivity contribution is 5.93. The van der Waals surface area contributed by atoms with Gasteiger partial charge in [0.2, 0.25) is 5.95 Å². The summed E-state index contributed by atoms with van der Waals surface area (Å²) >= 11 is 0. The molecule has 4 N–H and O–H groups in total. The highest BCUT2D eigenvalue weighted by atomic mass is 16.1. The number of nitrogens with one attached hydrogen (secondary N) is 2. The van der Waals surface area contributed by atoms with Gasteiger partial charge in [-0.2, -0.15) is 0 Å². The van der Waals surface area contributed by atoms with Crippen LogP contribution in [0.5, 0.6) is 0 Å². The predicted octanol–water partition coefficient (Wildman–Crippen LogP) is 2.29. The van der Waals surface area contributed by atoms with Crippen molar-refractivity contribution < 1.29 is 4.79 Å². The molecule has 0 bridgehead atoms. The second kappa shape index (κ2) is 6.31. The number of hydrogen-bond donors (Lipinski definition) is 3. The first-order chi connectivity index (χ1) is 11.1. The monoisotopic (exact) mass is 307 g/mol. The van der Waals surface area contributed by atoms with Crippen LogP contribution in [0.3, 0.4) is 0 Å². The van der Waals surface area contributed by atoms with Crippen LogP contribution in [0.25, 0.3) is 11.3 Å². The van der Waals surface area contributed by atoms with E-state index in [0.717, 1.165) is 22.4 Å². The third-order valence-electron chi connectivity index (χ3n) is 3.49. The maximum absolute atomic E-state index is 12.2. The van der Waals surface area contributed by atoms with Crippen LogP contribution < -0.4 is 11.1 Å². The molecule has 6 nitrogen and oxygen atoms in total. The number of nitrogen functional groups attached to an aromatic ring is 1. The summed E-state index contributed by atoms with van der Waals surface area (Å²) in [5.74, 6) is 0.0432. The lowest BCUT2D eigenvalue weighted by atomic mass is 10.1. The number of aromatic nitrogens is 3. The summed E-state index contributed by atoms with van der Waals surface area (Å²) in [5.41, 5.74) is 9.58. The lowest BCUT2D eigenvalue weighted by Crippen LogP contribution is -2.22. The fourth-order valence-electron chi connectivity index (χ4n) is 2.28. The summed E-state index contributed by atoms with van der Waals surface area (Å²) in [6, 6.07) is 11.5. The first-order valence-electron chi connectivity index (χ1n) is 7.23. The van der Waals surface area contributed by atoms with Crippen molar-refractivity contribution in [1.29, 1.82) is 0 Å². The Morgan fingerprint density at radius 3 is 2.87 bits per heavy atom. The number of carbonyl (C=O) groups is 1. The van der Waals surface area contributed by atoms with Crippen LogP contribution >= 0.6 is 0 Å². The van der Waals surface area contributed by atoms with Gasteiger partial charge in [0.15, 0.2) is 0 Å². The third kappa shape index (κ3) is 3.37. The zero-order valence-corrected chi connectivity index (χ0v) is 12.7. The highest BCUT2D eigenvalue weighted by Gasteiger charge is 2.12. The minimum absolute atomic E-state index is 0.167. The Kier molecular flexibility index (Phi) is 4.05. The molecule has 0 fully saturated rings. The quantitative estimate of drug-likeness (QED) is 0.689. The summed E-state index contributed by atoms with van der Waals surface area (Å²) in [4.78, 5) is 23.4. The highest BCUT2D eigenvalue weighted by Crippen LogP contribution is 2.22. The zero-order valence-electron chi connectivity index (χ0n) is 12.7. The normalized spacial score (nSPS) is 10.5. The number of nitrogens with zero attached hydrogens (tertiary/aromatic N) is 2. The van der Waals surface area contributed by atoms with Gasteiger partial charge in [-0.15, -0.1) is 0 Å². The van der Waals surface area contributed by atoms with E-state index in [0.29, 0.717) is 12.2 Å². The van der Waals surface area contributed by atoms with Crippen molar-refractivity contribution in [1.82, 2.24) is 20.3 Å². The van der Waals surface area contributed by atoms with E-state index in [4.69, 9.17) is 5.73 Å². The summed E-state index contributed by atoms with van der Waals surface area (Å²) in [6.45, 7) is 2.38. The van der Waals surface area contributed by atoms with Crippen LogP contribution in [0.2, 0.25) is 0 Å². The molecular formula is C17H17N5O. The van der Waals surface area contributed by atoms with E-state index in [1.54, 1.807) is 18.5 Å². The second-order valence-corrected chi connectivity index (χ2v) is 5.23. The summed E-state index contributed by atoms with van der Waals surface area (Å²) in [6.07, 6.45) is 3.41. The molecule has 1 amide bonds. The van der Waals surface area contributed by atoms with Gasteiger partial charge in [0.05, 0.1) is 5.69 Å². The largest absolute Gasteiger partial charge is 0.368 e. The molecule has 1 aromatic carbocycles. The first kappa shape index (κ1) is 14.8. The Labute approximate surface area is 133 Å². The molecular weight excluding hydrogens is 290 g/mol. The van der Waals surface area contributed by atoms with Gasteiger partial charge < -0.3 is 16.0 Å². The summed E-state index contributed by atoms with van der Waals surface area (Å²) in [5, 5.41) is 2.88. The van der Waals surface area contributed by atoms with Crippen molar-refractivity contribution in [3.8, 4) is 11.3 Å². The number of nitrogens with two attached hydrogens (primary N) is 1. The van der Waals surface area contributed by atoms with Crippen molar-refractivity contribution in [3.05, 3.63) is 65.6 Å². The Balaban J connectivity index is 1.74. The number of benzene rings is 1. The van der Waals surface area contributed by atoms with Crippen LogP contribution in [-0.4, -0.2) is 20.9 Å². The number of aromatic amines is 1. The number of rotatable bonds is 4. The SMILES string of the molecule is Cc1cnc(N)nc1-c1c[nH]c(C(=O)NCc2ccccc2)c1. The van der Waals surface area contributed by atoms with Crippen molar-refractivity contribution in [2.24, 2.45) is 0 Å². The average molecular weight is 307 g/mol. The van der Waals surface area contributed by atoms with Crippen LogP contribution in [0.4, 0.5) is 5.95 Å². The van der Waals surface area contributed by atoms with Gasteiger partial charge in [-0.1, -0.05) is 30.3 Å². The fraction of sp³-hybridized carbons (Fsp3) is 0.118. The van der Waals surface area contributed by atoms with Crippen LogP contribution in [-0.2, 0) is 6.54 Å². The molecule has 0 aliphatic heterocycles. The molecule has 0 atom stereocenters. The number of anilines is 1. The van der Waals surface area contributed by atoms with Gasteiger partial charge in [0.25, 0.3) is 5.91 Å². The number of carbonyl (C=O) groups excluding carboxylic acids is 1. The van der Waals surface area contributed by atoms with Gasteiger partial charge in [-0.25, -0.2) is 9.97 Å². The Hall–Kier alpha value is -3.15. The van der Waals surface area contributed by atoms with Crippen molar-refractivity contribution >= 4 is 11.9 Å². The number of aryl methyl sites for hydroxylation is 1. The first-order valence-corrected chi connectivity index (χ1v) is 7.23. The molecule has 3 aromatic rings. The number of hydrogen-bond acceptors (Lipinski definition) is 4. The van der Waals surface area contributed by atoms with E-state index in [1.807, 2.05) is 37.3 Å². The molecule has 2 heterocycles. The Bertz CT molecular complexity index is 826. The number of H-pyrrole nitrogens is 1. The predicted molar refractivity (Wildman–Crippen MR) is 88.6 cm³/mol. The molecule has 6 heteroatoms. The van der Waals surface area contributed by atoms with Gasteiger partial charge in [0.1, 0.15) is 5.69 Å². The Morgan fingerprint density at radius 2 is 2.09 bits per heavy atom. The molecule has 0 unspecified atom stereocenters. The standard InChI is InChI=1S/C17H17N5O/c1-11-8-21-17(18)22-15(11)13-7-14(19-10-13)16(23)20-9-12-5-3-2-4-6-12/h2-8,10,19H,9H2,1H3,(H,20,23)(H2,18,21,22). The van der Waals surface area contributed by atoms with Crippen molar-refractivity contribution in [2.45, 2.75) is 13.5 Å². The molecule has 0 saturated carbocycles. The van der Waals surface area contributed by atoms with E-state index in [-0.39, 0.29) is 11.9 Å². The van der Waals surface area contributed by atoms with Gasteiger partial charge >= 0.3 is 0 Å². The van der Waals surface area contributed by atoms with Crippen LogP contribution in [0.15, 0.2) is 48.8 Å². The maximum atomic E-state index is 12.2. The van der Waals surface area contributed by atoms with E-state index >= 15 is 0 Å². The van der Waals surface area contributed by atoms with Gasteiger partial charge in [0, 0.05) is 24.5 Å². The lowest BCUT2D eigenvalue weighted by Gasteiger charge is -2.04. The maximum Gasteiger partial charge on any atom is 0.267 e. The van der Waals surface area contributed by atoms with E-state index in [1.165, 1.54) is 0 Å². The van der Waals surface area contributed by atoms with E-state index in [9.17, 15) is 4.79 Å². The van der Waals surface area contributed by atoms with Crippen molar-refractivity contribution in [2.75, 3.05) is 5.73 Å². The smallest absolute Gasteiger partial charge is 0.267 e. The minimum atomic E-state index is -0.167.